The van der Waals surface area contributed by atoms with Gasteiger partial charge >= 0.3 is 11.9 Å². The average Bonchev–Trinajstić information content (AvgIpc) is 3.56. The fourth-order valence-corrected chi connectivity index (χ4v) is 7.63. The molecule has 0 saturated carbocycles. The molecule has 39 heavy (non-hydrogen) atoms. The number of carbonyl (C=O) groups is 3. The summed E-state index contributed by atoms with van der Waals surface area (Å²) in [4.78, 5) is 41.7. The van der Waals surface area contributed by atoms with Gasteiger partial charge in [-0.2, -0.15) is 0 Å². The van der Waals surface area contributed by atoms with Crippen LogP contribution in [0.15, 0.2) is 44.4 Å². The van der Waals surface area contributed by atoms with Gasteiger partial charge in [-0.05, 0) is 69.2 Å². The second-order valence-electron chi connectivity index (χ2n) is 9.56. The third kappa shape index (κ3) is 4.42. The van der Waals surface area contributed by atoms with E-state index in [0.29, 0.717) is 37.4 Å². The first-order valence-electron chi connectivity index (χ1n) is 11.9. The van der Waals surface area contributed by atoms with E-state index in [-0.39, 0.29) is 22.5 Å². The maximum absolute atomic E-state index is 14.1. The van der Waals surface area contributed by atoms with Gasteiger partial charge < -0.3 is 18.9 Å². The van der Waals surface area contributed by atoms with Crippen molar-refractivity contribution in [3.8, 4) is 11.5 Å². The first-order chi connectivity index (χ1) is 18.5. The highest BCUT2D eigenvalue weighted by molar-refractivity contribution is 8.29. The normalized spacial score (nSPS) is 17.4. The molecule has 0 N–H and O–H groups in total. The van der Waals surface area contributed by atoms with Gasteiger partial charge in [0.15, 0.2) is 11.5 Å². The zero-order valence-electron chi connectivity index (χ0n) is 22.1. The lowest BCUT2D eigenvalue weighted by Crippen LogP contribution is -2.56. The number of aryl methyl sites for hydroxylation is 2. The van der Waals surface area contributed by atoms with Crippen molar-refractivity contribution in [1.29, 1.82) is 0 Å². The number of rotatable bonds is 3. The second-order valence-corrected chi connectivity index (χ2v) is 12.3. The van der Waals surface area contributed by atoms with Gasteiger partial charge in [0, 0.05) is 16.7 Å². The summed E-state index contributed by atoms with van der Waals surface area (Å²) >= 11 is 8.32. The number of benzene rings is 2. The van der Waals surface area contributed by atoms with E-state index < -0.39 is 17.5 Å². The number of carbonyl (C=O) groups excluding carboxylic acids is 3. The minimum absolute atomic E-state index is 0.106. The zero-order valence-corrected chi connectivity index (χ0v) is 24.6. The summed E-state index contributed by atoms with van der Waals surface area (Å²) in [7, 11) is 2.52. The first kappa shape index (κ1) is 27.3. The van der Waals surface area contributed by atoms with E-state index in [2.05, 4.69) is 0 Å². The number of hydrogen-bond acceptors (Lipinski definition) is 10. The van der Waals surface area contributed by atoms with Gasteiger partial charge in [0.25, 0.3) is 5.91 Å². The van der Waals surface area contributed by atoms with Crippen LogP contribution in [0.5, 0.6) is 11.5 Å². The quantitative estimate of drug-likeness (QED) is 0.260. The van der Waals surface area contributed by atoms with Crippen molar-refractivity contribution in [3.63, 3.8) is 0 Å². The highest BCUT2D eigenvalue weighted by Gasteiger charge is 2.46. The molecule has 0 unspecified atom stereocenters. The van der Waals surface area contributed by atoms with Crippen molar-refractivity contribution in [1.82, 2.24) is 0 Å². The molecule has 1 amide bonds. The summed E-state index contributed by atoms with van der Waals surface area (Å²) in [5.41, 5.74) is 3.60. The number of methoxy groups -OCH3 is 2. The number of ether oxygens (including phenoxy) is 4. The summed E-state index contributed by atoms with van der Waals surface area (Å²) < 4.78 is 21.4. The number of anilines is 1. The van der Waals surface area contributed by atoms with Gasteiger partial charge in [-0.25, -0.2) is 9.59 Å². The lowest BCUT2D eigenvalue weighted by molar-refractivity contribution is -0.138. The maximum Gasteiger partial charge on any atom is 0.346 e. The van der Waals surface area contributed by atoms with Gasteiger partial charge in [-0.15, -0.1) is 0 Å². The number of esters is 2. The summed E-state index contributed by atoms with van der Waals surface area (Å²) in [6, 6.07) is 9.07. The highest BCUT2D eigenvalue weighted by atomic mass is 32.2. The zero-order chi connectivity index (χ0) is 28.2. The fourth-order valence-electron chi connectivity index (χ4n) is 4.60. The van der Waals surface area contributed by atoms with Gasteiger partial charge in [-0.3, -0.25) is 9.69 Å². The topological polar surface area (TPSA) is 91.4 Å². The monoisotopic (exact) mass is 583 g/mol. The standard InChI is InChI=1S/C28H25NO7S3/c1-13-9-16-17(10-14(13)2)29(24(30)15-7-8-18-19(11-15)36-12-35-18)28(3,4)23(37)20(16)27-38-21(25(31)33-5)22(39-27)26(32)34-6/h7-11H,12H2,1-6H3. The number of amides is 1. The Morgan fingerprint density at radius 3 is 2.13 bits per heavy atom. The first-order valence-corrected chi connectivity index (χ1v) is 13.9. The fraction of sp³-hybridized carbons (Fsp3) is 0.286. The van der Waals surface area contributed by atoms with E-state index in [1.807, 2.05) is 39.8 Å². The van der Waals surface area contributed by atoms with E-state index in [0.717, 1.165) is 40.2 Å². The Kier molecular flexibility index (Phi) is 7.02. The molecule has 3 aliphatic heterocycles. The van der Waals surface area contributed by atoms with Crippen molar-refractivity contribution < 1.29 is 33.3 Å². The largest absolute Gasteiger partial charge is 0.465 e. The smallest absolute Gasteiger partial charge is 0.346 e. The lowest BCUT2D eigenvalue weighted by Gasteiger charge is -2.45. The summed E-state index contributed by atoms with van der Waals surface area (Å²) in [5.74, 6) is -0.417. The van der Waals surface area contributed by atoms with E-state index in [4.69, 9.17) is 31.2 Å². The molecule has 0 saturated heterocycles. The molecule has 3 aliphatic rings. The van der Waals surface area contributed by atoms with Crippen LogP contribution >= 0.6 is 35.7 Å². The molecule has 0 fully saturated rings. The molecule has 0 radical (unpaired) electrons. The Morgan fingerprint density at radius 1 is 0.923 bits per heavy atom. The highest BCUT2D eigenvalue weighted by Crippen LogP contribution is 2.56. The van der Waals surface area contributed by atoms with Crippen molar-refractivity contribution in [2.75, 3.05) is 25.9 Å². The number of nitrogens with zero attached hydrogens (tertiary/aromatic N) is 1. The van der Waals surface area contributed by atoms with Crippen molar-refractivity contribution in [3.05, 3.63) is 66.6 Å². The molecule has 2 aromatic carbocycles. The number of thioether (sulfide) groups is 2. The van der Waals surface area contributed by atoms with Crippen LogP contribution in [-0.2, 0) is 19.1 Å². The van der Waals surface area contributed by atoms with Gasteiger partial charge in [0.05, 0.1) is 34.5 Å². The predicted molar refractivity (Wildman–Crippen MR) is 155 cm³/mol. The summed E-state index contributed by atoms with van der Waals surface area (Å²) in [6.45, 7) is 7.85. The molecule has 5 rings (SSSR count). The molecule has 0 spiro atoms. The molecule has 0 atom stereocenters. The van der Waals surface area contributed by atoms with E-state index in [1.54, 1.807) is 23.1 Å². The Balaban J connectivity index is 1.69. The molecule has 2 aromatic rings. The summed E-state index contributed by atoms with van der Waals surface area (Å²) in [5, 5.41) is 0. The minimum atomic E-state index is -0.944. The third-order valence-electron chi connectivity index (χ3n) is 6.83. The molecule has 3 heterocycles. The van der Waals surface area contributed by atoms with Crippen molar-refractivity contribution in [2.45, 2.75) is 33.2 Å². The van der Waals surface area contributed by atoms with Crippen LogP contribution in [0.3, 0.4) is 0 Å². The number of fused-ring (bicyclic) bond motifs is 2. The molecule has 0 aliphatic carbocycles. The molecule has 0 bridgehead atoms. The Morgan fingerprint density at radius 2 is 1.51 bits per heavy atom. The maximum atomic E-state index is 14.1. The van der Waals surface area contributed by atoms with E-state index in [9.17, 15) is 14.4 Å². The van der Waals surface area contributed by atoms with Gasteiger partial charge in [-0.1, -0.05) is 35.7 Å². The molecular formula is C28H25NO7S3. The van der Waals surface area contributed by atoms with Crippen LogP contribution < -0.4 is 14.4 Å². The predicted octanol–water partition coefficient (Wildman–Crippen LogP) is 5.55. The van der Waals surface area contributed by atoms with Crippen molar-refractivity contribution in [2.24, 2.45) is 0 Å². The van der Waals surface area contributed by atoms with Crippen LogP contribution in [-0.4, -0.2) is 49.3 Å². The number of thiocarbonyl (C=S) groups is 1. The SMILES string of the molecule is COC(=O)C1=C(C(=O)OC)SC(=C2C(=S)C(C)(C)N(C(=O)c3ccc4c(c3)OCO4)c3cc(C)c(C)cc32)S1. The van der Waals surface area contributed by atoms with Crippen LogP contribution in [0.4, 0.5) is 5.69 Å². The van der Waals surface area contributed by atoms with Crippen LogP contribution in [0, 0.1) is 13.8 Å². The van der Waals surface area contributed by atoms with Gasteiger partial charge in [0.1, 0.15) is 9.81 Å². The molecule has 8 nitrogen and oxygen atoms in total. The number of hydrogen-bond donors (Lipinski definition) is 0. The second kappa shape index (κ2) is 10.0. The Labute approximate surface area is 239 Å². The minimum Gasteiger partial charge on any atom is -0.465 e. The molecule has 11 heteroatoms. The molecule has 0 aromatic heterocycles. The van der Waals surface area contributed by atoms with E-state index >= 15 is 0 Å². The Hall–Kier alpha value is -3.28. The molecule has 202 valence electrons. The molecular weight excluding hydrogens is 559 g/mol. The van der Waals surface area contributed by atoms with Crippen LogP contribution in [0.2, 0.25) is 0 Å². The van der Waals surface area contributed by atoms with Crippen molar-refractivity contribution >= 4 is 69.7 Å². The Bertz CT molecular complexity index is 1510. The van der Waals surface area contributed by atoms with Crippen LogP contribution in [0.1, 0.15) is 40.9 Å². The van der Waals surface area contributed by atoms with E-state index in [1.165, 1.54) is 14.2 Å². The average molecular weight is 584 g/mol. The third-order valence-corrected chi connectivity index (χ3v) is 10.1. The summed E-state index contributed by atoms with van der Waals surface area (Å²) in [6.07, 6.45) is 0. The van der Waals surface area contributed by atoms with Crippen LogP contribution in [0.25, 0.3) is 5.57 Å². The van der Waals surface area contributed by atoms with Gasteiger partial charge in [0.2, 0.25) is 6.79 Å². The lowest BCUT2D eigenvalue weighted by atomic mass is 9.81.